The smallest absolute Gasteiger partial charge is 0.251 e. The lowest BCUT2D eigenvalue weighted by atomic mass is 10.1. The van der Waals surface area contributed by atoms with Crippen molar-refractivity contribution in [2.45, 2.75) is 19.9 Å². The quantitative estimate of drug-likeness (QED) is 0.756. The fraction of sp³-hybridized carbons (Fsp3) is 0.375. The maximum absolute atomic E-state index is 12.1. The van der Waals surface area contributed by atoms with E-state index in [4.69, 9.17) is 4.74 Å². The van der Waals surface area contributed by atoms with E-state index >= 15 is 0 Å². The molecule has 0 atom stereocenters. The first kappa shape index (κ1) is 15.3. The molecule has 0 bridgehead atoms. The van der Waals surface area contributed by atoms with Gasteiger partial charge >= 0.3 is 0 Å². The standard InChI is InChI=1S/C16H21N3O2/c1-2-21-11-5-8-17-16(20)15-7-3-6-14(12-15)13-19-10-4-9-18-19/h3-4,6-7,9-10,12H,2,5,8,11,13H2,1H3,(H,17,20). The van der Waals surface area contributed by atoms with Crippen molar-refractivity contribution in [2.75, 3.05) is 19.8 Å². The van der Waals surface area contributed by atoms with E-state index in [9.17, 15) is 4.79 Å². The van der Waals surface area contributed by atoms with Gasteiger partial charge in [0.15, 0.2) is 0 Å². The Bertz CT molecular complexity index is 552. The van der Waals surface area contributed by atoms with Gasteiger partial charge in [0.1, 0.15) is 0 Å². The number of rotatable bonds is 8. The number of carbonyl (C=O) groups excluding carboxylic acids is 1. The molecule has 0 saturated heterocycles. The SMILES string of the molecule is CCOCCCNC(=O)c1cccc(Cn2cccn2)c1. The van der Waals surface area contributed by atoms with Crippen molar-refractivity contribution in [1.82, 2.24) is 15.1 Å². The minimum atomic E-state index is -0.0474. The minimum Gasteiger partial charge on any atom is -0.382 e. The van der Waals surface area contributed by atoms with Crippen LogP contribution in [0.4, 0.5) is 0 Å². The third-order valence-corrected chi connectivity index (χ3v) is 3.05. The highest BCUT2D eigenvalue weighted by Gasteiger charge is 2.06. The second-order valence-electron chi connectivity index (χ2n) is 4.71. The molecule has 0 saturated carbocycles. The summed E-state index contributed by atoms with van der Waals surface area (Å²) < 4.78 is 7.07. The van der Waals surface area contributed by atoms with Gasteiger partial charge in [-0.2, -0.15) is 5.10 Å². The van der Waals surface area contributed by atoms with Crippen LogP contribution in [-0.2, 0) is 11.3 Å². The number of hydrogen-bond acceptors (Lipinski definition) is 3. The average Bonchev–Trinajstić information content (AvgIpc) is 3.00. The Kier molecular flexibility index (Phi) is 5.97. The van der Waals surface area contributed by atoms with Crippen molar-refractivity contribution in [3.63, 3.8) is 0 Å². The summed E-state index contributed by atoms with van der Waals surface area (Å²) in [6.45, 7) is 4.64. The maximum atomic E-state index is 12.1. The molecule has 1 amide bonds. The van der Waals surface area contributed by atoms with E-state index in [0.717, 1.165) is 12.0 Å². The number of hydrogen-bond donors (Lipinski definition) is 1. The van der Waals surface area contributed by atoms with Gasteiger partial charge in [-0.05, 0) is 37.1 Å². The minimum absolute atomic E-state index is 0.0474. The summed E-state index contributed by atoms with van der Waals surface area (Å²) in [7, 11) is 0. The molecule has 1 aromatic carbocycles. The number of nitrogens with zero attached hydrogens (tertiary/aromatic N) is 2. The number of nitrogens with one attached hydrogen (secondary N) is 1. The topological polar surface area (TPSA) is 56.1 Å². The van der Waals surface area contributed by atoms with Crippen molar-refractivity contribution in [3.8, 4) is 0 Å². The van der Waals surface area contributed by atoms with Crippen molar-refractivity contribution in [1.29, 1.82) is 0 Å². The molecule has 5 nitrogen and oxygen atoms in total. The van der Waals surface area contributed by atoms with Crippen LogP contribution >= 0.6 is 0 Å². The predicted molar refractivity (Wildman–Crippen MR) is 81.2 cm³/mol. The molecule has 1 aromatic heterocycles. The molecule has 0 fully saturated rings. The van der Waals surface area contributed by atoms with E-state index in [0.29, 0.717) is 31.9 Å². The van der Waals surface area contributed by atoms with Crippen LogP contribution in [-0.4, -0.2) is 35.4 Å². The van der Waals surface area contributed by atoms with Gasteiger partial charge in [0, 0.05) is 37.7 Å². The molecule has 0 aliphatic heterocycles. The summed E-state index contributed by atoms with van der Waals surface area (Å²) in [5.74, 6) is -0.0474. The first-order valence-corrected chi connectivity index (χ1v) is 7.22. The summed E-state index contributed by atoms with van der Waals surface area (Å²) in [5, 5.41) is 7.07. The van der Waals surface area contributed by atoms with Gasteiger partial charge in [-0.25, -0.2) is 0 Å². The van der Waals surface area contributed by atoms with Crippen LogP contribution in [0.25, 0.3) is 0 Å². The number of ether oxygens (including phenoxy) is 1. The number of aromatic nitrogens is 2. The largest absolute Gasteiger partial charge is 0.382 e. The molecule has 5 heteroatoms. The van der Waals surface area contributed by atoms with Gasteiger partial charge in [0.25, 0.3) is 5.91 Å². The fourth-order valence-corrected chi connectivity index (χ4v) is 2.01. The van der Waals surface area contributed by atoms with Crippen molar-refractivity contribution >= 4 is 5.91 Å². The molecular formula is C16H21N3O2. The predicted octanol–water partition coefficient (Wildman–Crippen LogP) is 2.09. The fourth-order valence-electron chi connectivity index (χ4n) is 2.01. The van der Waals surface area contributed by atoms with Crippen LogP contribution in [0, 0.1) is 0 Å². The highest BCUT2D eigenvalue weighted by molar-refractivity contribution is 5.94. The van der Waals surface area contributed by atoms with E-state index in [2.05, 4.69) is 10.4 Å². The summed E-state index contributed by atoms with van der Waals surface area (Å²) >= 11 is 0. The molecule has 2 rings (SSSR count). The van der Waals surface area contributed by atoms with Gasteiger partial charge in [-0.1, -0.05) is 12.1 Å². The van der Waals surface area contributed by atoms with Crippen molar-refractivity contribution in [3.05, 3.63) is 53.9 Å². The Balaban J connectivity index is 1.86. The molecule has 0 spiro atoms. The zero-order valence-corrected chi connectivity index (χ0v) is 12.3. The Morgan fingerprint density at radius 3 is 3.05 bits per heavy atom. The molecular weight excluding hydrogens is 266 g/mol. The molecule has 0 aliphatic carbocycles. The molecule has 112 valence electrons. The molecule has 2 aromatic rings. The van der Waals surface area contributed by atoms with E-state index in [-0.39, 0.29) is 5.91 Å². The Morgan fingerprint density at radius 1 is 1.38 bits per heavy atom. The van der Waals surface area contributed by atoms with Gasteiger partial charge in [-0.15, -0.1) is 0 Å². The third-order valence-electron chi connectivity index (χ3n) is 3.05. The summed E-state index contributed by atoms with van der Waals surface area (Å²) in [5.41, 5.74) is 1.73. The Hall–Kier alpha value is -2.14. The van der Waals surface area contributed by atoms with Crippen molar-refractivity contribution < 1.29 is 9.53 Å². The van der Waals surface area contributed by atoms with Crippen LogP contribution in [0.5, 0.6) is 0 Å². The summed E-state index contributed by atoms with van der Waals surface area (Å²) in [6.07, 6.45) is 4.47. The lowest BCUT2D eigenvalue weighted by Crippen LogP contribution is -2.25. The summed E-state index contributed by atoms with van der Waals surface area (Å²) in [4.78, 5) is 12.1. The number of carbonyl (C=O) groups is 1. The number of benzene rings is 1. The Morgan fingerprint density at radius 2 is 2.29 bits per heavy atom. The van der Waals surface area contributed by atoms with E-state index < -0.39 is 0 Å². The van der Waals surface area contributed by atoms with Crippen LogP contribution in [0.1, 0.15) is 29.3 Å². The zero-order chi connectivity index (χ0) is 14.9. The first-order chi connectivity index (χ1) is 10.3. The lowest BCUT2D eigenvalue weighted by Gasteiger charge is -2.07. The van der Waals surface area contributed by atoms with E-state index in [1.165, 1.54) is 0 Å². The molecule has 0 unspecified atom stereocenters. The molecule has 1 N–H and O–H groups in total. The van der Waals surface area contributed by atoms with Crippen molar-refractivity contribution in [2.24, 2.45) is 0 Å². The van der Waals surface area contributed by atoms with Crippen LogP contribution < -0.4 is 5.32 Å². The molecule has 1 heterocycles. The number of amides is 1. The first-order valence-electron chi connectivity index (χ1n) is 7.22. The Labute approximate surface area is 124 Å². The maximum Gasteiger partial charge on any atom is 0.251 e. The third kappa shape index (κ3) is 5.04. The second kappa shape index (κ2) is 8.21. The van der Waals surface area contributed by atoms with Crippen LogP contribution in [0.15, 0.2) is 42.7 Å². The van der Waals surface area contributed by atoms with Crippen LogP contribution in [0.2, 0.25) is 0 Å². The highest BCUT2D eigenvalue weighted by atomic mass is 16.5. The second-order valence-corrected chi connectivity index (χ2v) is 4.71. The van der Waals surface area contributed by atoms with Gasteiger partial charge in [-0.3, -0.25) is 9.48 Å². The lowest BCUT2D eigenvalue weighted by molar-refractivity contribution is 0.0944. The van der Waals surface area contributed by atoms with Gasteiger partial charge in [0.05, 0.1) is 6.54 Å². The molecule has 21 heavy (non-hydrogen) atoms. The normalized spacial score (nSPS) is 10.5. The zero-order valence-electron chi connectivity index (χ0n) is 12.3. The van der Waals surface area contributed by atoms with E-state index in [1.54, 1.807) is 6.20 Å². The molecule has 0 aliphatic rings. The summed E-state index contributed by atoms with van der Waals surface area (Å²) in [6, 6.07) is 9.50. The van der Waals surface area contributed by atoms with E-state index in [1.807, 2.05) is 48.1 Å². The van der Waals surface area contributed by atoms with Gasteiger partial charge in [0.2, 0.25) is 0 Å². The highest BCUT2D eigenvalue weighted by Crippen LogP contribution is 2.07. The van der Waals surface area contributed by atoms with Crippen LogP contribution in [0.3, 0.4) is 0 Å². The average molecular weight is 287 g/mol. The monoisotopic (exact) mass is 287 g/mol. The van der Waals surface area contributed by atoms with Gasteiger partial charge < -0.3 is 10.1 Å². The molecule has 0 radical (unpaired) electrons.